The summed E-state index contributed by atoms with van der Waals surface area (Å²) < 4.78 is 10.3. The van der Waals surface area contributed by atoms with Crippen LogP contribution in [-0.2, 0) is 0 Å². The second-order valence-electron chi connectivity index (χ2n) is 3.75. The van der Waals surface area contributed by atoms with Crippen LogP contribution in [0.2, 0.25) is 0 Å². The van der Waals surface area contributed by atoms with Gasteiger partial charge in [-0.2, -0.15) is 5.10 Å². The van der Waals surface area contributed by atoms with Crippen LogP contribution < -0.4 is 10.3 Å². The predicted octanol–water partition coefficient (Wildman–Crippen LogP) is 1.70. The molecule has 94 valence electrons. The van der Waals surface area contributed by atoms with Gasteiger partial charge in [0.05, 0.1) is 12.5 Å². The lowest BCUT2D eigenvalue weighted by atomic mass is 10.4. The van der Waals surface area contributed by atoms with Crippen molar-refractivity contribution >= 4 is 18.0 Å². The highest BCUT2D eigenvalue weighted by molar-refractivity contribution is 5.92. The Morgan fingerprint density at radius 2 is 2.22 bits per heavy atom. The molecule has 0 aliphatic heterocycles. The van der Waals surface area contributed by atoms with Crippen LogP contribution in [0.3, 0.4) is 0 Å². The van der Waals surface area contributed by atoms with Crippen molar-refractivity contribution in [1.29, 1.82) is 0 Å². The van der Waals surface area contributed by atoms with Crippen LogP contribution in [-0.4, -0.2) is 26.2 Å². The molecule has 18 heavy (non-hydrogen) atoms. The lowest BCUT2D eigenvalue weighted by Gasteiger charge is -2.05. The number of carbonyl (C=O) groups is 1. The third-order valence-electron chi connectivity index (χ3n) is 2.16. The molecule has 0 aliphatic carbocycles. The van der Waals surface area contributed by atoms with Gasteiger partial charge in [-0.3, -0.25) is 4.79 Å². The maximum atomic E-state index is 11.5. The van der Waals surface area contributed by atoms with Crippen LogP contribution in [0, 0.1) is 0 Å². The maximum absolute atomic E-state index is 11.5. The zero-order chi connectivity index (χ0) is 13.0. The highest BCUT2D eigenvalue weighted by Gasteiger charge is 2.06. The summed E-state index contributed by atoms with van der Waals surface area (Å²) >= 11 is 0. The second kappa shape index (κ2) is 5.22. The molecule has 0 aromatic carbocycles. The molecule has 0 aliphatic rings. The van der Waals surface area contributed by atoms with Gasteiger partial charge in [-0.1, -0.05) is 0 Å². The first kappa shape index (κ1) is 12.0. The van der Waals surface area contributed by atoms with Crippen molar-refractivity contribution < 1.29 is 13.6 Å². The number of hydrogen-bond acceptors (Lipinski definition) is 5. The molecular formula is C12H13N3O3. The molecule has 0 fully saturated rings. The number of rotatable bonds is 4. The van der Waals surface area contributed by atoms with E-state index in [2.05, 4.69) is 10.5 Å². The van der Waals surface area contributed by atoms with E-state index in [1.807, 2.05) is 25.1 Å². The van der Waals surface area contributed by atoms with E-state index in [1.54, 1.807) is 18.2 Å². The van der Waals surface area contributed by atoms with E-state index in [-0.39, 0.29) is 5.76 Å². The minimum atomic E-state index is -0.407. The molecule has 1 amide bonds. The SMILES string of the molecule is CN(C)c1ccc(/C=N\NC(=O)c2ccco2)o1. The van der Waals surface area contributed by atoms with Gasteiger partial charge in [-0.05, 0) is 18.2 Å². The Kier molecular flexibility index (Phi) is 3.47. The van der Waals surface area contributed by atoms with Crippen molar-refractivity contribution in [2.75, 3.05) is 19.0 Å². The van der Waals surface area contributed by atoms with Crippen LogP contribution >= 0.6 is 0 Å². The summed E-state index contributed by atoms with van der Waals surface area (Å²) in [6.07, 6.45) is 2.85. The van der Waals surface area contributed by atoms with Crippen LogP contribution in [0.25, 0.3) is 0 Å². The summed E-state index contributed by atoms with van der Waals surface area (Å²) in [4.78, 5) is 13.3. The van der Waals surface area contributed by atoms with Gasteiger partial charge in [-0.25, -0.2) is 5.43 Å². The molecule has 0 bridgehead atoms. The third kappa shape index (κ3) is 2.79. The molecule has 2 heterocycles. The summed E-state index contributed by atoms with van der Waals surface area (Å²) in [6, 6.07) is 6.77. The van der Waals surface area contributed by atoms with Gasteiger partial charge in [-0.15, -0.1) is 0 Å². The average Bonchev–Trinajstić information content (AvgIpc) is 3.00. The van der Waals surface area contributed by atoms with Crippen LogP contribution in [0.4, 0.5) is 5.88 Å². The molecule has 1 N–H and O–H groups in total. The molecule has 2 aromatic rings. The van der Waals surface area contributed by atoms with Gasteiger partial charge in [0.15, 0.2) is 11.6 Å². The fourth-order valence-electron chi connectivity index (χ4n) is 1.27. The number of furan rings is 2. The van der Waals surface area contributed by atoms with Crippen LogP contribution in [0.15, 0.2) is 44.5 Å². The topological polar surface area (TPSA) is 71.0 Å². The summed E-state index contributed by atoms with van der Waals surface area (Å²) in [5, 5.41) is 3.77. The van der Waals surface area contributed by atoms with Crippen LogP contribution in [0.5, 0.6) is 0 Å². The molecule has 0 unspecified atom stereocenters. The molecule has 6 heteroatoms. The van der Waals surface area contributed by atoms with E-state index in [0.717, 1.165) is 0 Å². The van der Waals surface area contributed by atoms with Gasteiger partial charge in [0.25, 0.3) is 0 Å². The second-order valence-corrected chi connectivity index (χ2v) is 3.75. The van der Waals surface area contributed by atoms with Gasteiger partial charge in [0.1, 0.15) is 5.76 Å². The Bertz CT molecular complexity index is 541. The zero-order valence-corrected chi connectivity index (χ0v) is 10.1. The van der Waals surface area contributed by atoms with Crippen molar-refractivity contribution in [3.63, 3.8) is 0 Å². The zero-order valence-electron chi connectivity index (χ0n) is 10.1. The van der Waals surface area contributed by atoms with Crippen molar-refractivity contribution in [2.45, 2.75) is 0 Å². The maximum Gasteiger partial charge on any atom is 0.307 e. The van der Waals surface area contributed by atoms with Crippen molar-refractivity contribution in [2.24, 2.45) is 5.10 Å². The van der Waals surface area contributed by atoms with Gasteiger partial charge in [0, 0.05) is 20.2 Å². The number of anilines is 1. The van der Waals surface area contributed by atoms with E-state index in [4.69, 9.17) is 8.83 Å². The molecule has 0 saturated heterocycles. The summed E-state index contributed by atoms with van der Waals surface area (Å²) in [6.45, 7) is 0. The fraction of sp³-hybridized carbons (Fsp3) is 0.167. The van der Waals surface area contributed by atoms with E-state index in [0.29, 0.717) is 11.6 Å². The fourth-order valence-corrected chi connectivity index (χ4v) is 1.27. The molecule has 0 saturated carbocycles. The van der Waals surface area contributed by atoms with Gasteiger partial charge in [0.2, 0.25) is 0 Å². The van der Waals surface area contributed by atoms with E-state index in [9.17, 15) is 4.79 Å². The highest BCUT2D eigenvalue weighted by Crippen LogP contribution is 2.13. The molecule has 0 radical (unpaired) electrons. The minimum absolute atomic E-state index is 0.209. The third-order valence-corrected chi connectivity index (χ3v) is 2.16. The van der Waals surface area contributed by atoms with E-state index < -0.39 is 5.91 Å². The normalized spacial score (nSPS) is 10.8. The first-order valence-corrected chi connectivity index (χ1v) is 5.31. The molecular weight excluding hydrogens is 234 g/mol. The van der Waals surface area contributed by atoms with E-state index >= 15 is 0 Å². The van der Waals surface area contributed by atoms with Crippen molar-refractivity contribution in [1.82, 2.24) is 5.43 Å². The lowest BCUT2D eigenvalue weighted by molar-refractivity contribution is 0.0927. The number of amides is 1. The summed E-state index contributed by atoms with van der Waals surface area (Å²) in [7, 11) is 3.75. The number of nitrogens with one attached hydrogen (secondary N) is 1. The number of hydrazone groups is 1. The Morgan fingerprint density at radius 1 is 1.39 bits per heavy atom. The standard InChI is InChI=1S/C12H13N3O3/c1-15(2)11-6-5-9(18-11)8-13-14-12(16)10-4-3-7-17-10/h3-8H,1-2H3,(H,14,16)/b13-8-. The molecule has 2 rings (SSSR count). The van der Waals surface area contributed by atoms with Crippen molar-refractivity contribution in [3.8, 4) is 0 Å². The van der Waals surface area contributed by atoms with Crippen LogP contribution in [0.1, 0.15) is 16.3 Å². The molecule has 0 atom stereocenters. The average molecular weight is 247 g/mol. The summed E-state index contributed by atoms with van der Waals surface area (Å²) in [5.41, 5.74) is 2.34. The van der Waals surface area contributed by atoms with E-state index in [1.165, 1.54) is 12.5 Å². The highest BCUT2D eigenvalue weighted by atomic mass is 16.4. The van der Waals surface area contributed by atoms with Crippen molar-refractivity contribution in [3.05, 3.63) is 42.0 Å². The van der Waals surface area contributed by atoms with Gasteiger partial charge >= 0.3 is 5.91 Å². The lowest BCUT2D eigenvalue weighted by Crippen LogP contribution is -2.16. The molecule has 0 spiro atoms. The molecule has 2 aromatic heterocycles. The Morgan fingerprint density at radius 3 is 2.83 bits per heavy atom. The Labute approximate surface area is 104 Å². The Hall–Kier alpha value is -2.50. The first-order chi connectivity index (χ1) is 8.66. The number of nitrogens with zero attached hydrogens (tertiary/aromatic N) is 2. The Balaban J connectivity index is 1.93. The predicted molar refractivity (Wildman–Crippen MR) is 66.8 cm³/mol. The smallest absolute Gasteiger partial charge is 0.307 e. The molecule has 6 nitrogen and oxygen atoms in total. The van der Waals surface area contributed by atoms with Gasteiger partial charge < -0.3 is 13.7 Å². The monoisotopic (exact) mass is 247 g/mol. The minimum Gasteiger partial charge on any atom is -0.459 e. The first-order valence-electron chi connectivity index (χ1n) is 5.31. The number of hydrogen-bond donors (Lipinski definition) is 1. The summed E-state index contributed by atoms with van der Waals surface area (Å²) in [5.74, 6) is 1.07. The number of carbonyl (C=O) groups excluding carboxylic acids is 1. The largest absolute Gasteiger partial charge is 0.459 e. The quantitative estimate of drug-likeness (QED) is 0.659.